The Labute approximate surface area is 167 Å². The van der Waals surface area contributed by atoms with Gasteiger partial charge in [0.05, 0.1) is 17.2 Å². The van der Waals surface area contributed by atoms with Gasteiger partial charge < -0.3 is 14.2 Å². The van der Waals surface area contributed by atoms with E-state index < -0.39 is 34.4 Å². The van der Waals surface area contributed by atoms with Gasteiger partial charge in [0.15, 0.2) is 5.76 Å². The zero-order chi connectivity index (χ0) is 21.1. The Balaban J connectivity index is 1.98. The first-order chi connectivity index (χ1) is 13.8. The van der Waals surface area contributed by atoms with Gasteiger partial charge in [0.25, 0.3) is 11.6 Å². The molecule has 0 spiro atoms. The van der Waals surface area contributed by atoms with Gasteiger partial charge in [0.1, 0.15) is 5.92 Å². The van der Waals surface area contributed by atoms with Gasteiger partial charge in [-0.3, -0.25) is 24.5 Å². The van der Waals surface area contributed by atoms with Crippen molar-refractivity contribution in [3.63, 3.8) is 0 Å². The highest BCUT2D eigenvalue weighted by atomic mass is 16.6. The van der Waals surface area contributed by atoms with Gasteiger partial charge in [-0.05, 0) is 44.8 Å². The Morgan fingerprint density at radius 1 is 1.21 bits per heavy atom. The molecule has 0 saturated carbocycles. The quantitative estimate of drug-likeness (QED) is 0.219. The second kappa shape index (κ2) is 8.36. The molecule has 2 unspecified atom stereocenters. The molecule has 1 aliphatic heterocycles. The minimum absolute atomic E-state index is 0.00166. The van der Waals surface area contributed by atoms with Crippen molar-refractivity contribution >= 4 is 23.2 Å². The van der Waals surface area contributed by atoms with Crippen LogP contribution in [0, 0.1) is 16.0 Å². The first-order valence-corrected chi connectivity index (χ1v) is 9.13. The first kappa shape index (κ1) is 20.4. The van der Waals surface area contributed by atoms with Crippen LogP contribution in [-0.2, 0) is 9.59 Å². The Morgan fingerprint density at radius 3 is 2.45 bits per heavy atom. The molecular formula is C20H21N3O6. The van der Waals surface area contributed by atoms with Gasteiger partial charge in [0, 0.05) is 18.7 Å². The average Bonchev–Trinajstić information content (AvgIpc) is 3.30. The molecule has 29 heavy (non-hydrogen) atoms. The fraction of sp³-hybridized carbons (Fsp3) is 0.350. The fourth-order valence-corrected chi connectivity index (χ4v) is 3.52. The number of nitro benzene ring substituents is 1. The summed E-state index contributed by atoms with van der Waals surface area (Å²) >= 11 is 0. The number of furan rings is 1. The minimum Gasteiger partial charge on any atom is -0.461 e. The van der Waals surface area contributed by atoms with E-state index in [1.54, 1.807) is 0 Å². The molecule has 0 radical (unpaired) electrons. The van der Waals surface area contributed by atoms with Crippen molar-refractivity contribution < 1.29 is 23.7 Å². The second-order valence-electron chi connectivity index (χ2n) is 7.13. The highest BCUT2D eigenvalue weighted by molar-refractivity contribution is 6.43. The second-order valence-corrected chi connectivity index (χ2v) is 7.13. The lowest BCUT2D eigenvalue weighted by atomic mass is 9.88. The number of likely N-dealkylation sites (tertiary alicyclic amines) is 1. The van der Waals surface area contributed by atoms with Crippen LogP contribution in [0.3, 0.4) is 0 Å². The molecule has 0 bridgehead atoms. The van der Waals surface area contributed by atoms with E-state index in [2.05, 4.69) is 0 Å². The molecular weight excluding hydrogens is 378 g/mol. The number of nitrogens with zero attached hydrogens (tertiary/aromatic N) is 3. The number of amides is 1. The normalized spacial score (nSPS) is 19.2. The van der Waals surface area contributed by atoms with Crippen LogP contribution in [0.15, 0.2) is 47.1 Å². The van der Waals surface area contributed by atoms with Gasteiger partial charge in [0.2, 0.25) is 11.6 Å². The number of hydrogen-bond donors (Lipinski definition) is 0. The third-order valence-electron chi connectivity index (χ3n) is 4.90. The molecule has 2 atom stereocenters. The summed E-state index contributed by atoms with van der Waals surface area (Å²) in [5.74, 6) is -3.35. The van der Waals surface area contributed by atoms with E-state index >= 15 is 0 Å². The summed E-state index contributed by atoms with van der Waals surface area (Å²) < 4.78 is 5.15. The summed E-state index contributed by atoms with van der Waals surface area (Å²) in [7, 11) is 3.79. The molecule has 1 aliphatic rings. The molecule has 1 aromatic heterocycles. The summed E-state index contributed by atoms with van der Waals surface area (Å²) in [5.41, 5.74) is 0.377. The molecule has 3 rings (SSSR count). The van der Waals surface area contributed by atoms with Crippen LogP contribution >= 0.6 is 0 Å². The molecule has 1 saturated heterocycles. The maximum atomic E-state index is 12.9. The number of non-ortho nitro benzene ring substituents is 1. The van der Waals surface area contributed by atoms with Crippen molar-refractivity contribution in [3.8, 4) is 0 Å². The van der Waals surface area contributed by atoms with Crippen LogP contribution in [-0.4, -0.2) is 59.4 Å². The van der Waals surface area contributed by atoms with Crippen molar-refractivity contribution in [1.82, 2.24) is 9.80 Å². The van der Waals surface area contributed by atoms with Crippen molar-refractivity contribution in [2.45, 2.75) is 12.5 Å². The summed E-state index contributed by atoms with van der Waals surface area (Å²) in [6.07, 6.45) is 1.93. The van der Waals surface area contributed by atoms with Gasteiger partial charge >= 0.3 is 0 Å². The lowest BCUT2D eigenvalue weighted by molar-refractivity contribution is -0.384. The number of carbonyl (C=O) groups excluding carboxylic acids is 3. The molecule has 9 heteroatoms. The molecule has 1 amide bonds. The molecule has 0 N–H and O–H groups in total. The lowest BCUT2D eigenvalue weighted by Gasteiger charge is -2.27. The van der Waals surface area contributed by atoms with Crippen molar-refractivity contribution in [2.24, 2.45) is 5.92 Å². The standard InChI is InChI=1S/C20H21N3O6/c1-21(2)10-4-11-22-17(13-6-8-14(9-7-13)23(27)28)16(19(25)20(22)26)18(24)15-5-3-12-29-15/h3,5-9,12,16-17H,4,10-11H2,1-2H3. The number of carbonyl (C=O) groups is 3. The van der Waals surface area contributed by atoms with Gasteiger partial charge in [-0.15, -0.1) is 0 Å². The predicted molar refractivity (Wildman–Crippen MR) is 102 cm³/mol. The number of ketones is 2. The third-order valence-corrected chi connectivity index (χ3v) is 4.90. The minimum atomic E-state index is -1.26. The summed E-state index contributed by atoms with van der Waals surface area (Å²) in [6, 6.07) is 7.71. The Hall–Kier alpha value is -3.33. The van der Waals surface area contributed by atoms with Crippen molar-refractivity contribution in [3.05, 3.63) is 64.1 Å². The van der Waals surface area contributed by atoms with Crippen LogP contribution in [0.25, 0.3) is 0 Å². The number of benzene rings is 1. The van der Waals surface area contributed by atoms with E-state index in [9.17, 15) is 24.5 Å². The highest BCUT2D eigenvalue weighted by Gasteiger charge is 2.52. The molecule has 0 aliphatic carbocycles. The van der Waals surface area contributed by atoms with Crippen LogP contribution in [0.5, 0.6) is 0 Å². The van der Waals surface area contributed by atoms with Crippen LogP contribution < -0.4 is 0 Å². The summed E-state index contributed by atoms with van der Waals surface area (Å²) in [5, 5.41) is 11.0. The third kappa shape index (κ3) is 4.09. The fourth-order valence-electron chi connectivity index (χ4n) is 3.52. The van der Waals surface area contributed by atoms with E-state index in [-0.39, 0.29) is 18.0 Å². The van der Waals surface area contributed by atoms with E-state index in [0.717, 1.165) is 0 Å². The molecule has 9 nitrogen and oxygen atoms in total. The van der Waals surface area contributed by atoms with E-state index in [1.165, 1.54) is 47.6 Å². The molecule has 152 valence electrons. The van der Waals surface area contributed by atoms with Crippen LogP contribution in [0.1, 0.15) is 28.6 Å². The van der Waals surface area contributed by atoms with Crippen LogP contribution in [0.2, 0.25) is 0 Å². The number of nitro groups is 1. The average molecular weight is 399 g/mol. The monoisotopic (exact) mass is 399 g/mol. The number of Topliss-reactive ketones (excluding diaryl/α,β-unsaturated/α-hetero) is 2. The number of hydrogen-bond acceptors (Lipinski definition) is 7. The first-order valence-electron chi connectivity index (χ1n) is 9.13. The largest absolute Gasteiger partial charge is 0.461 e. The van der Waals surface area contributed by atoms with Crippen molar-refractivity contribution in [2.75, 3.05) is 27.2 Å². The predicted octanol–water partition coefficient (Wildman–Crippen LogP) is 2.09. The molecule has 2 aromatic rings. The Bertz CT molecular complexity index is 920. The highest BCUT2D eigenvalue weighted by Crippen LogP contribution is 2.38. The van der Waals surface area contributed by atoms with Gasteiger partial charge in [-0.1, -0.05) is 12.1 Å². The zero-order valence-corrected chi connectivity index (χ0v) is 16.1. The maximum Gasteiger partial charge on any atom is 0.291 e. The van der Waals surface area contributed by atoms with Crippen molar-refractivity contribution in [1.29, 1.82) is 0 Å². The molecule has 1 aromatic carbocycles. The summed E-state index contributed by atoms with van der Waals surface area (Å²) in [6.45, 7) is 0.980. The summed E-state index contributed by atoms with van der Waals surface area (Å²) in [4.78, 5) is 52.1. The van der Waals surface area contributed by atoms with Gasteiger partial charge in [-0.25, -0.2) is 0 Å². The van der Waals surface area contributed by atoms with E-state index in [0.29, 0.717) is 18.5 Å². The zero-order valence-electron chi connectivity index (χ0n) is 16.1. The van der Waals surface area contributed by atoms with E-state index in [4.69, 9.17) is 4.42 Å². The smallest absolute Gasteiger partial charge is 0.291 e. The number of rotatable bonds is 8. The lowest BCUT2D eigenvalue weighted by Crippen LogP contribution is -2.33. The van der Waals surface area contributed by atoms with Gasteiger partial charge in [-0.2, -0.15) is 0 Å². The van der Waals surface area contributed by atoms with Crippen LogP contribution in [0.4, 0.5) is 5.69 Å². The SMILES string of the molecule is CN(C)CCCN1C(=O)C(=O)C(C(=O)c2ccco2)C1c1ccc([N+](=O)[O-])cc1. The molecule has 2 heterocycles. The molecule has 1 fully saturated rings. The topological polar surface area (TPSA) is 114 Å². The Kier molecular flexibility index (Phi) is 5.88. The maximum absolute atomic E-state index is 12.9. The van der Waals surface area contributed by atoms with E-state index in [1.807, 2.05) is 19.0 Å². The Morgan fingerprint density at radius 2 is 1.90 bits per heavy atom.